The first-order valence-electron chi connectivity index (χ1n) is 4.71. The molecule has 0 aromatic carbocycles. The van der Waals surface area contributed by atoms with E-state index in [1.165, 1.54) is 0 Å². The van der Waals surface area contributed by atoms with Crippen molar-refractivity contribution >= 4 is 11.9 Å². The van der Waals surface area contributed by atoms with Crippen molar-refractivity contribution in [3.63, 3.8) is 0 Å². The minimum Gasteiger partial charge on any atom is -0.481 e. The Morgan fingerprint density at radius 3 is 2.43 bits per heavy atom. The van der Waals surface area contributed by atoms with Crippen LogP contribution in [0.5, 0.6) is 0 Å². The number of carbonyl (C=O) groups excluding carboxylic acids is 1. The predicted octanol–water partition coefficient (Wildman–Crippen LogP) is -0.0493. The Balaban J connectivity index is 3.47. The van der Waals surface area contributed by atoms with E-state index in [9.17, 15) is 9.59 Å². The number of nitrogens with two attached hydrogens (primary N) is 1. The predicted molar refractivity (Wildman–Crippen MR) is 52.7 cm³/mol. The topological polar surface area (TPSA) is 92.4 Å². The van der Waals surface area contributed by atoms with Crippen molar-refractivity contribution in [1.29, 1.82) is 0 Å². The van der Waals surface area contributed by atoms with E-state index in [0.717, 1.165) is 0 Å². The van der Waals surface area contributed by atoms with Crippen LogP contribution in [-0.4, -0.2) is 29.6 Å². The largest absolute Gasteiger partial charge is 0.481 e. The van der Waals surface area contributed by atoms with Gasteiger partial charge in [-0.25, -0.2) is 0 Å². The van der Waals surface area contributed by atoms with Crippen LogP contribution in [0.1, 0.15) is 26.7 Å². The molecular weight excluding hydrogens is 184 g/mol. The van der Waals surface area contributed by atoms with Crippen molar-refractivity contribution in [2.75, 3.05) is 6.54 Å². The van der Waals surface area contributed by atoms with Gasteiger partial charge < -0.3 is 16.2 Å². The van der Waals surface area contributed by atoms with Crippen LogP contribution in [-0.2, 0) is 9.59 Å². The molecule has 0 fully saturated rings. The van der Waals surface area contributed by atoms with Crippen molar-refractivity contribution in [2.24, 2.45) is 11.7 Å². The maximum atomic E-state index is 11.0. The van der Waals surface area contributed by atoms with E-state index in [-0.39, 0.29) is 11.8 Å². The van der Waals surface area contributed by atoms with E-state index in [2.05, 4.69) is 5.32 Å². The average Bonchev–Trinajstić information content (AvgIpc) is 2.11. The van der Waals surface area contributed by atoms with Gasteiger partial charge in [0.15, 0.2) is 0 Å². The zero-order chi connectivity index (χ0) is 11.1. The van der Waals surface area contributed by atoms with Crippen molar-refractivity contribution in [1.82, 2.24) is 5.32 Å². The maximum Gasteiger partial charge on any atom is 0.306 e. The Kier molecular flexibility index (Phi) is 5.87. The lowest BCUT2D eigenvalue weighted by atomic mass is 10.1. The normalized spacial score (nSPS) is 14.5. The lowest BCUT2D eigenvalue weighted by Crippen LogP contribution is -2.38. The van der Waals surface area contributed by atoms with Crippen LogP contribution >= 0.6 is 0 Å². The highest BCUT2D eigenvalue weighted by Gasteiger charge is 2.10. The summed E-state index contributed by atoms with van der Waals surface area (Å²) in [5.74, 6) is -1.36. The van der Waals surface area contributed by atoms with E-state index < -0.39 is 12.0 Å². The molecule has 4 N–H and O–H groups in total. The second-order valence-corrected chi connectivity index (χ2v) is 3.46. The molecule has 2 atom stereocenters. The van der Waals surface area contributed by atoms with Gasteiger partial charge in [0.1, 0.15) is 0 Å². The van der Waals surface area contributed by atoms with Gasteiger partial charge in [0.2, 0.25) is 5.91 Å². The first kappa shape index (κ1) is 12.9. The van der Waals surface area contributed by atoms with Crippen LogP contribution in [0.3, 0.4) is 0 Å². The highest BCUT2D eigenvalue weighted by Crippen LogP contribution is 2.03. The Morgan fingerprint density at radius 1 is 1.43 bits per heavy atom. The number of hydrogen-bond donors (Lipinski definition) is 3. The average molecular weight is 202 g/mol. The third kappa shape index (κ3) is 5.53. The zero-order valence-corrected chi connectivity index (χ0v) is 8.62. The molecule has 0 spiro atoms. The van der Waals surface area contributed by atoms with Gasteiger partial charge in [0.05, 0.1) is 12.0 Å². The molecule has 0 saturated heterocycles. The molecule has 1 amide bonds. The van der Waals surface area contributed by atoms with E-state index in [1.807, 2.05) is 0 Å². The number of aliphatic carboxylic acids is 1. The van der Waals surface area contributed by atoms with Gasteiger partial charge in [-0.1, -0.05) is 6.92 Å². The summed E-state index contributed by atoms with van der Waals surface area (Å²) in [7, 11) is 0. The molecule has 0 aliphatic carbocycles. The van der Waals surface area contributed by atoms with Crippen LogP contribution in [0.15, 0.2) is 0 Å². The van der Waals surface area contributed by atoms with Crippen LogP contribution in [0, 0.1) is 5.92 Å². The van der Waals surface area contributed by atoms with E-state index in [4.69, 9.17) is 10.8 Å². The second-order valence-electron chi connectivity index (χ2n) is 3.46. The number of carbonyl (C=O) groups is 2. The summed E-state index contributed by atoms with van der Waals surface area (Å²) < 4.78 is 0. The zero-order valence-electron chi connectivity index (χ0n) is 8.62. The monoisotopic (exact) mass is 202 g/mol. The van der Waals surface area contributed by atoms with Gasteiger partial charge in [-0.05, 0) is 19.8 Å². The summed E-state index contributed by atoms with van der Waals surface area (Å²) in [5.41, 5.74) is 5.32. The van der Waals surface area contributed by atoms with Crippen molar-refractivity contribution < 1.29 is 14.7 Å². The third-order valence-corrected chi connectivity index (χ3v) is 1.95. The van der Waals surface area contributed by atoms with E-state index in [0.29, 0.717) is 19.4 Å². The Bertz CT molecular complexity index is 204. The molecule has 0 aliphatic heterocycles. The van der Waals surface area contributed by atoms with E-state index >= 15 is 0 Å². The molecule has 0 heterocycles. The summed E-state index contributed by atoms with van der Waals surface area (Å²) in [6.07, 6.45) is 1.22. The van der Waals surface area contributed by atoms with Crippen molar-refractivity contribution in [2.45, 2.75) is 32.7 Å². The SMILES string of the molecule is CC(N)C(=O)NCCCC(C)C(=O)O. The molecule has 0 aromatic heterocycles. The summed E-state index contributed by atoms with van der Waals surface area (Å²) in [4.78, 5) is 21.4. The molecular formula is C9H18N2O3. The molecule has 2 unspecified atom stereocenters. The number of hydrogen-bond acceptors (Lipinski definition) is 3. The first-order chi connectivity index (χ1) is 6.45. The molecule has 14 heavy (non-hydrogen) atoms. The van der Waals surface area contributed by atoms with Crippen molar-refractivity contribution in [3.05, 3.63) is 0 Å². The highest BCUT2D eigenvalue weighted by molar-refractivity contribution is 5.80. The minimum atomic E-state index is -0.802. The van der Waals surface area contributed by atoms with Gasteiger partial charge in [0, 0.05) is 6.54 Å². The number of carboxylic acids is 1. The lowest BCUT2D eigenvalue weighted by Gasteiger charge is -2.08. The standard InChI is InChI=1S/C9H18N2O3/c1-6(9(13)14)4-3-5-11-8(12)7(2)10/h6-7H,3-5,10H2,1-2H3,(H,11,12)(H,13,14). The quantitative estimate of drug-likeness (QED) is 0.526. The third-order valence-electron chi connectivity index (χ3n) is 1.95. The van der Waals surface area contributed by atoms with Crippen LogP contribution in [0.2, 0.25) is 0 Å². The summed E-state index contributed by atoms with van der Waals surface area (Å²) in [6.45, 7) is 3.74. The molecule has 0 bridgehead atoms. The fourth-order valence-electron chi connectivity index (χ4n) is 0.904. The number of rotatable bonds is 6. The van der Waals surface area contributed by atoms with Crippen LogP contribution < -0.4 is 11.1 Å². The van der Waals surface area contributed by atoms with Gasteiger partial charge in [-0.3, -0.25) is 9.59 Å². The first-order valence-corrected chi connectivity index (χ1v) is 4.71. The molecule has 0 rings (SSSR count). The van der Waals surface area contributed by atoms with E-state index in [1.54, 1.807) is 13.8 Å². The van der Waals surface area contributed by atoms with Crippen LogP contribution in [0.4, 0.5) is 0 Å². The Hall–Kier alpha value is -1.10. The summed E-state index contributed by atoms with van der Waals surface area (Å²) in [5, 5.41) is 11.2. The van der Waals surface area contributed by atoms with Crippen LogP contribution in [0.25, 0.3) is 0 Å². The molecule has 5 heteroatoms. The fourth-order valence-corrected chi connectivity index (χ4v) is 0.904. The number of nitrogens with one attached hydrogen (secondary N) is 1. The summed E-state index contributed by atoms with van der Waals surface area (Å²) in [6, 6.07) is -0.508. The minimum absolute atomic E-state index is 0.201. The Morgan fingerprint density at radius 2 is 2.00 bits per heavy atom. The molecule has 0 saturated carbocycles. The van der Waals surface area contributed by atoms with Gasteiger partial charge in [-0.2, -0.15) is 0 Å². The second kappa shape index (κ2) is 6.37. The molecule has 5 nitrogen and oxygen atoms in total. The molecule has 0 aromatic rings. The van der Waals surface area contributed by atoms with Gasteiger partial charge in [0.25, 0.3) is 0 Å². The maximum absolute atomic E-state index is 11.0. The van der Waals surface area contributed by atoms with Crippen molar-refractivity contribution in [3.8, 4) is 0 Å². The number of carboxylic acid groups (broad SMARTS) is 1. The smallest absolute Gasteiger partial charge is 0.306 e. The number of amides is 1. The summed E-state index contributed by atoms with van der Waals surface area (Å²) >= 11 is 0. The molecule has 0 radical (unpaired) electrons. The molecule has 0 aliphatic rings. The highest BCUT2D eigenvalue weighted by atomic mass is 16.4. The molecule has 82 valence electrons. The fraction of sp³-hybridized carbons (Fsp3) is 0.778. The lowest BCUT2D eigenvalue weighted by molar-refractivity contribution is -0.141. The van der Waals surface area contributed by atoms with Gasteiger partial charge >= 0.3 is 5.97 Å². The Labute approximate surface area is 83.7 Å². The van der Waals surface area contributed by atoms with Gasteiger partial charge in [-0.15, -0.1) is 0 Å².